The molecule has 7 atom stereocenters. The molecule has 394 valence electrons. The summed E-state index contributed by atoms with van der Waals surface area (Å²) in [6, 6.07) is -0.852. The van der Waals surface area contributed by atoms with Crippen LogP contribution < -0.4 is 5.32 Å². The lowest BCUT2D eigenvalue weighted by molar-refractivity contribution is -0.302. The smallest absolute Gasteiger partial charge is 0.305 e. The Balaban J connectivity index is 2.23. The van der Waals surface area contributed by atoms with E-state index in [2.05, 4.69) is 67.8 Å². The first kappa shape index (κ1) is 63.4. The summed E-state index contributed by atoms with van der Waals surface area (Å²) in [6.07, 6.45) is 48.7. The van der Waals surface area contributed by atoms with Gasteiger partial charge in [-0.2, -0.15) is 0 Å². The van der Waals surface area contributed by atoms with Gasteiger partial charge < -0.3 is 45.1 Å². The summed E-state index contributed by atoms with van der Waals surface area (Å²) in [5, 5.41) is 54.3. The lowest BCUT2D eigenvalue weighted by Gasteiger charge is -2.40. The highest BCUT2D eigenvalue weighted by molar-refractivity contribution is 5.76. The average Bonchev–Trinajstić information content (AvgIpc) is 3.33. The van der Waals surface area contributed by atoms with Gasteiger partial charge in [-0.25, -0.2) is 0 Å². The number of rotatable bonds is 46. The van der Waals surface area contributed by atoms with Gasteiger partial charge in [0.2, 0.25) is 5.91 Å². The highest BCUT2D eigenvalue weighted by atomic mass is 16.7. The Morgan fingerprint density at radius 2 is 1.00 bits per heavy atom. The Kier molecular flexibility index (Phi) is 43.5. The van der Waals surface area contributed by atoms with Crippen molar-refractivity contribution in [1.29, 1.82) is 0 Å². The van der Waals surface area contributed by atoms with Gasteiger partial charge in [0.15, 0.2) is 6.29 Å². The minimum atomic E-state index is -1.59. The van der Waals surface area contributed by atoms with Crippen molar-refractivity contribution in [3.8, 4) is 0 Å². The van der Waals surface area contributed by atoms with Gasteiger partial charge in [-0.05, 0) is 89.9 Å². The summed E-state index contributed by atoms with van der Waals surface area (Å²) in [6.45, 7) is 4.21. The average molecular weight is 960 g/mol. The normalized spacial score (nSPS) is 19.9. The first-order chi connectivity index (χ1) is 33.2. The molecule has 6 N–H and O–H groups in total. The second kappa shape index (κ2) is 46.7. The molecule has 11 heteroatoms. The fraction of sp³-hybridized carbons (Fsp3) is 0.789. The SMILES string of the molecule is CCCCCC/C=C/CC/C=C/CC/C=C/C(O)C(COC1OC(CO)C(O)C(O)C1O)NC(=O)CCCCCCCC/C=C\C=C/CCCCCOC(=O)CCCCCCCCCCCCC. The molecule has 1 heterocycles. The maximum atomic E-state index is 13.0. The Hall–Kier alpha value is -2.64. The molecule has 0 aromatic heterocycles. The van der Waals surface area contributed by atoms with Crippen LogP contribution in [0, 0.1) is 0 Å². The number of carbonyl (C=O) groups excluding carboxylic acids is 2. The predicted octanol–water partition coefficient (Wildman–Crippen LogP) is 11.9. The fourth-order valence-corrected chi connectivity index (χ4v) is 8.16. The predicted molar refractivity (Wildman–Crippen MR) is 278 cm³/mol. The van der Waals surface area contributed by atoms with E-state index in [9.17, 15) is 35.1 Å². The molecule has 11 nitrogen and oxygen atoms in total. The molecule has 0 aliphatic carbocycles. The Labute approximate surface area is 414 Å². The minimum Gasteiger partial charge on any atom is -0.466 e. The van der Waals surface area contributed by atoms with E-state index in [-0.39, 0.29) is 18.5 Å². The molecule has 1 fully saturated rings. The monoisotopic (exact) mass is 960 g/mol. The van der Waals surface area contributed by atoms with Crippen LogP contribution in [0.5, 0.6) is 0 Å². The van der Waals surface area contributed by atoms with E-state index >= 15 is 0 Å². The number of carbonyl (C=O) groups is 2. The Morgan fingerprint density at radius 3 is 1.56 bits per heavy atom. The number of allylic oxidation sites excluding steroid dienone is 9. The van der Waals surface area contributed by atoms with Crippen LogP contribution in [0.2, 0.25) is 0 Å². The summed E-state index contributed by atoms with van der Waals surface area (Å²) < 4.78 is 16.6. The van der Waals surface area contributed by atoms with Crippen molar-refractivity contribution < 1.29 is 49.3 Å². The molecule has 0 radical (unpaired) electrons. The van der Waals surface area contributed by atoms with Crippen LogP contribution in [0.15, 0.2) is 60.8 Å². The lowest BCUT2D eigenvalue weighted by Crippen LogP contribution is -2.60. The molecule has 1 rings (SSSR count). The van der Waals surface area contributed by atoms with Crippen molar-refractivity contribution in [3.63, 3.8) is 0 Å². The topological polar surface area (TPSA) is 175 Å². The zero-order valence-corrected chi connectivity index (χ0v) is 43.0. The van der Waals surface area contributed by atoms with Crippen LogP contribution in [0.1, 0.15) is 226 Å². The maximum absolute atomic E-state index is 13.0. The zero-order chi connectivity index (χ0) is 49.6. The molecule has 0 aromatic rings. The first-order valence-electron chi connectivity index (χ1n) is 27.6. The van der Waals surface area contributed by atoms with Crippen LogP contribution in [0.3, 0.4) is 0 Å². The molecule has 1 aliphatic heterocycles. The standard InChI is InChI=1S/C57H101NO10/c1-3-5-7-9-11-13-15-16-20-24-27-31-35-39-43-50(60)49(48-67-57-56(65)55(64)54(63)51(47-59)68-57)58-52(61)44-40-36-32-28-25-21-18-17-19-22-26-30-34-38-42-46-66-53(62)45-41-37-33-29-23-14-12-10-8-6-4-2/h13,15,17,19,22,24,26-27,39,43,49-51,54-57,59-60,63-65H,3-12,14,16,18,20-21,23,25,28-38,40-42,44-48H2,1-2H3,(H,58,61)/b15-13+,19-17-,26-22-,27-24+,43-39+. The van der Waals surface area contributed by atoms with Gasteiger partial charge in [-0.3, -0.25) is 9.59 Å². The van der Waals surface area contributed by atoms with Gasteiger partial charge in [0.05, 0.1) is 32.0 Å². The van der Waals surface area contributed by atoms with Crippen LogP contribution in [-0.4, -0.2) is 100 Å². The number of hydrogen-bond acceptors (Lipinski definition) is 10. The number of amides is 1. The molecular formula is C57H101NO10. The fourth-order valence-electron chi connectivity index (χ4n) is 8.16. The first-order valence-corrected chi connectivity index (χ1v) is 27.6. The van der Waals surface area contributed by atoms with Crippen LogP contribution in [0.25, 0.3) is 0 Å². The highest BCUT2D eigenvalue weighted by Gasteiger charge is 2.44. The molecule has 0 aromatic carbocycles. The summed E-state index contributed by atoms with van der Waals surface area (Å²) in [7, 11) is 0. The van der Waals surface area contributed by atoms with Gasteiger partial charge in [0, 0.05) is 12.8 Å². The van der Waals surface area contributed by atoms with E-state index in [0.29, 0.717) is 32.3 Å². The third-order valence-electron chi connectivity index (χ3n) is 12.6. The highest BCUT2D eigenvalue weighted by Crippen LogP contribution is 2.23. The van der Waals surface area contributed by atoms with Crippen molar-refractivity contribution in [3.05, 3.63) is 60.8 Å². The van der Waals surface area contributed by atoms with Crippen LogP contribution >= 0.6 is 0 Å². The van der Waals surface area contributed by atoms with Crippen LogP contribution in [-0.2, 0) is 23.8 Å². The molecule has 7 unspecified atom stereocenters. The van der Waals surface area contributed by atoms with E-state index in [4.69, 9.17) is 14.2 Å². The Morgan fingerprint density at radius 1 is 0.544 bits per heavy atom. The molecule has 1 aliphatic rings. The second-order valence-corrected chi connectivity index (χ2v) is 18.9. The summed E-state index contributed by atoms with van der Waals surface area (Å²) in [5.74, 6) is -0.264. The van der Waals surface area contributed by atoms with Gasteiger partial charge in [-0.15, -0.1) is 0 Å². The number of unbranched alkanes of at least 4 members (excludes halogenated alkanes) is 25. The summed E-state index contributed by atoms with van der Waals surface area (Å²) >= 11 is 0. The van der Waals surface area contributed by atoms with E-state index < -0.39 is 49.5 Å². The molecular weight excluding hydrogens is 859 g/mol. The number of nitrogens with one attached hydrogen (secondary N) is 1. The van der Waals surface area contributed by atoms with Crippen molar-refractivity contribution in [2.75, 3.05) is 19.8 Å². The third kappa shape index (κ3) is 36.3. The number of aliphatic hydroxyl groups is 5. The van der Waals surface area contributed by atoms with Gasteiger partial charge in [-0.1, -0.05) is 184 Å². The largest absolute Gasteiger partial charge is 0.466 e. The number of ether oxygens (including phenoxy) is 3. The number of aliphatic hydroxyl groups excluding tert-OH is 5. The van der Waals surface area contributed by atoms with Gasteiger partial charge in [0.25, 0.3) is 0 Å². The van der Waals surface area contributed by atoms with Crippen molar-refractivity contribution in [2.45, 2.75) is 269 Å². The Bertz CT molecular complexity index is 1310. The second-order valence-electron chi connectivity index (χ2n) is 18.9. The van der Waals surface area contributed by atoms with Crippen molar-refractivity contribution in [2.24, 2.45) is 0 Å². The molecule has 0 spiro atoms. The maximum Gasteiger partial charge on any atom is 0.305 e. The van der Waals surface area contributed by atoms with Gasteiger partial charge >= 0.3 is 5.97 Å². The van der Waals surface area contributed by atoms with Crippen molar-refractivity contribution in [1.82, 2.24) is 5.32 Å². The number of hydrogen-bond donors (Lipinski definition) is 6. The van der Waals surface area contributed by atoms with E-state index in [1.165, 1.54) is 83.5 Å². The third-order valence-corrected chi connectivity index (χ3v) is 12.6. The molecule has 0 saturated carbocycles. The van der Waals surface area contributed by atoms with E-state index in [1.807, 2.05) is 6.08 Å². The summed E-state index contributed by atoms with van der Waals surface area (Å²) in [5.41, 5.74) is 0. The zero-order valence-electron chi connectivity index (χ0n) is 43.0. The van der Waals surface area contributed by atoms with E-state index in [0.717, 1.165) is 103 Å². The molecule has 1 amide bonds. The molecule has 0 bridgehead atoms. The quantitative estimate of drug-likeness (QED) is 0.0149. The van der Waals surface area contributed by atoms with Crippen molar-refractivity contribution >= 4 is 11.9 Å². The summed E-state index contributed by atoms with van der Waals surface area (Å²) in [4.78, 5) is 25.0. The lowest BCUT2D eigenvalue weighted by atomic mass is 9.99. The van der Waals surface area contributed by atoms with Crippen LogP contribution in [0.4, 0.5) is 0 Å². The molecule has 1 saturated heterocycles. The molecule has 68 heavy (non-hydrogen) atoms. The minimum absolute atomic E-state index is 0.0437. The van der Waals surface area contributed by atoms with Gasteiger partial charge in [0.1, 0.15) is 24.4 Å². The van der Waals surface area contributed by atoms with E-state index in [1.54, 1.807) is 6.08 Å². The number of esters is 1.